The number of benzene rings is 2. The number of aliphatic hydroxyl groups excluding tert-OH is 1. The molecule has 0 radical (unpaired) electrons. The Hall–Kier alpha value is -3.09. The van der Waals surface area contributed by atoms with Crippen molar-refractivity contribution in [3.63, 3.8) is 0 Å². The van der Waals surface area contributed by atoms with E-state index < -0.39 is 17.7 Å². The van der Waals surface area contributed by atoms with Crippen LogP contribution in [0.2, 0.25) is 5.02 Å². The van der Waals surface area contributed by atoms with Gasteiger partial charge in [0.15, 0.2) is 0 Å². The summed E-state index contributed by atoms with van der Waals surface area (Å²) in [5, 5.41) is 11.6. The number of aliphatic hydroxyl groups is 1. The van der Waals surface area contributed by atoms with E-state index >= 15 is 0 Å². The smallest absolute Gasteiger partial charge is 0.295 e. The summed E-state index contributed by atoms with van der Waals surface area (Å²) in [6.07, 6.45) is 1.64. The summed E-state index contributed by atoms with van der Waals surface area (Å²) in [5.74, 6) is -0.963. The van der Waals surface area contributed by atoms with E-state index in [1.807, 2.05) is 6.07 Å². The minimum atomic E-state index is -0.733. The van der Waals surface area contributed by atoms with Crippen molar-refractivity contribution in [1.29, 1.82) is 0 Å². The molecule has 6 nitrogen and oxygen atoms in total. The molecule has 1 aliphatic rings. The fourth-order valence-corrected chi connectivity index (χ4v) is 4.06. The van der Waals surface area contributed by atoms with Crippen LogP contribution < -0.4 is 4.74 Å². The molecule has 0 aromatic heterocycles. The molecule has 7 heteroatoms. The fraction of sp³-hybridized carbons (Fsp3) is 0.308. The highest BCUT2D eigenvalue weighted by Gasteiger charge is 2.46. The maximum Gasteiger partial charge on any atom is 0.295 e. The van der Waals surface area contributed by atoms with Gasteiger partial charge in [-0.2, -0.15) is 0 Å². The van der Waals surface area contributed by atoms with E-state index in [-0.39, 0.29) is 11.3 Å². The van der Waals surface area contributed by atoms with Crippen LogP contribution in [0.1, 0.15) is 31.0 Å². The first-order valence-electron chi connectivity index (χ1n) is 11.0. The molecule has 1 fully saturated rings. The molecule has 174 valence electrons. The number of hydrogen-bond acceptors (Lipinski definition) is 5. The van der Waals surface area contributed by atoms with Crippen molar-refractivity contribution in [1.82, 2.24) is 9.80 Å². The first-order chi connectivity index (χ1) is 15.9. The predicted octanol–water partition coefficient (Wildman–Crippen LogP) is 4.67. The van der Waals surface area contributed by atoms with Crippen molar-refractivity contribution in [2.24, 2.45) is 0 Å². The standard InChI is InChI=1S/C26H29ClN2O4/c1-4-16-33-21-9-7-8-19(17-21)23-22(24(30)18-10-12-20(27)13-11-18)25(31)26(32)29(23)15-14-28(5-2)6-3/h4,7-13,17,23,30H,1,5-6,14-16H2,2-3H3/b24-22+/t23-/m0/s1. The van der Waals surface area contributed by atoms with Gasteiger partial charge in [0.2, 0.25) is 0 Å². The minimum absolute atomic E-state index is 0.0581. The topological polar surface area (TPSA) is 70.1 Å². The third kappa shape index (κ3) is 5.46. The van der Waals surface area contributed by atoms with Crippen LogP contribution in [0.4, 0.5) is 0 Å². The number of ether oxygens (including phenoxy) is 1. The monoisotopic (exact) mass is 468 g/mol. The van der Waals surface area contributed by atoms with Gasteiger partial charge in [-0.15, -0.1) is 0 Å². The second kappa shape index (κ2) is 11.2. The second-order valence-corrected chi connectivity index (χ2v) is 8.13. The summed E-state index contributed by atoms with van der Waals surface area (Å²) in [7, 11) is 0. The Bertz CT molecular complexity index is 1040. The van der Waals surface area contributed by atoms with Gasteiger partial charge in [0, 0.05) is 23.7 Å². The van der Waals surface area contributed by atoms with Crippen molar-refractivity contribution >= 4 is 29.1 Å². The summed E-state index contributed by atoms with van der Waals surface area (Å²) in [6, 6.07) is 13.0. The SMILES string of the molecule is C=CCOc1cccc([C@H]2/C(=C(\O)c3ccc(Cl)cc3)C(=O)C(=O)N2CCN(CC)CC)c1. The first kappa shape index (κ1) is 24.6. The van der Waals surface area contributed by atoms with E-state index in [0.717, 1.165) is 13.1 Å². The molecular formula is C26H29ClN2O4. The van der Waals surface area contributed by atoms with Gasteiger partial charge in [-0.05, 0) is 55.1 Å². The summed E-state index contributed by atoms with van der Waals surface area (Å²) in [5.41, 5.74) is 1.17. The molecule has 2 aromatic carbocycles. The number of hydrogen-bond donors (Lipinski definition) is 1. The molecule has 1 amide bonds. The molecule has 33 heavy (non-hydrogen) atoms. The average Bonchev–Trinajstić information content (AvgIpc) is 3.08. The van der Waals surface area contributed by atoms with Crippen LogP contribution in [0, 0.1) is 0 Å². The first-order valence-corrected chi connectivity index (χ1v) is 11.4. The fourth-order valence-electron chi connectivity index (χ4n) is 3.94. The quantitative estimate of drug-likeness (QED) is 0.237. The van der Waals surface area contributed by atoms with E-state index in [4.69, 9.17) is 16.3 Å². The number of rotatable bonds is 10. The van der Waals surface area contributed by atoms with Crippen molar-refractivity contribution in [3.8, 4) is 5.75 Å². The van der Waals surface area contributed by atoms with Crippen molar-refractivity contribution < 1.29 is 19.4 Å². The van der Waals surface area contributed by atoms with Gasteiger partial charge in [0.1, 0.15) is 18.1 Å². The van der Waals surface area contributed by atoms with Crippen LogP contribution in [0.3, 0.4) is 0 Å². The molecule has 1 heterocycles. The van der Waals surface area contributed by atoms with Gasteiger partial charge in [0.25, 0.3) is 11.7 Å². The maximum atomic E-state index is 13.1. The number of carbonyl (C=O) groups excluding carboxylic acids is 2. The zero-order valence-corrected chi connectivity index (χ0v) is 19.7. The number of nitrogens with zero attached hydrogens (tertiary/aromatic N) is 2. The Morgan fingerprint density at radius 1 is 1.18 bits per heavy atom. The van der Waals surface area contributed by atoms with Crippen LogP contribution in [0.15, 0.2) is 66.8 Å². The highest BCUT2D eigenvalue weighted by atomic mass is 35.5. The zero-order chi connectivity index (χ0) is 24.0. The lowest BCUT2D eigenvalue weighted by Crippen LogP contribution is -2.38. The largest absolute Gasteiger partial charge is 0.507 e. The molecule has 3 rings (SSSR count). The molecule has 0 aliphatic carbocycles. The highest BCUT2D eigenvalue weighted by molar-refractivity contribution is 6.46. The van der Waals surface area contributed by atoms with Gasteiger partial charge in [-0.25, -0.2) is 0 Å². The third-order valence-electron chi connectivity index (χ3n) is 5.75. The molecule has 0 spiro atoms. The lowest BCUT2D eigenvalue weighted by molar-refractivity contribution is -0.140. The van der Waals surface area contributed by atoms with Crippen LogP contribution in [-0.4, -0.2) is 59.4 Å². The van der Waals surface area contributed by atoms with Gasteiger partial charge in [0.05, 0.1) is 11.6 Å². The Labute approximate surface area is 199 Å². The van der Waals surface area contributed by atoms with Gasteiger partial charge < -0.3 is 19.6 Å². The molecule has 1 aliphatic heterocycles. The molecule has 1 atom stereocenters. The number of Topliss-reactive ketones (excluding diaryl/α,β-unsaturated/α-hetero) is 1. The Morgan fingerprint density at radius 2 is 1.88 bits per heavy atom. The van der Waals surface area contributed by atoms with Gasteiger partial charge >= 0.3 is 0 Å². The number of ketones is 1. The van der Waals surface area contributed by atoms with Gasteiger partial charge in [-0.3, -0.25) is 9.59 Å². The van der Waals surface area contributed by atoms with E-state index in [9.17, 15) is 14.7 Å². The number of carbonyl (C=O) groups is 2. The Kier molecular flexibility index (Phi) is 8.31. The number of likely N-dealkylation sites (N-methyl/N-ethyl adjacent to an activating group) is 1. The molecule has 2 aromatic rings. The second-order valence-electron chi connectivity index (χ2n) is 7.70. The van der Waals surface area contributed by atoms with E-state index in [2.05, 4.69) is 25.3 Å². The molecule has 1 saturated heterocycles. The lowest BCUT2D eigenvalue weighted by Gasteiger charge is -2.28. The molecule has 0 saturated carbocycles. The summed E-state index contributed by atoms with van der Waals surface area (Å²) < 4.78 is 5.66. The highest BCUT2D eigenvalue weighted by Crippen LogP contribution is 2.40. The molecule has 0 bridgehead atoms. The Balaban J connectivity index is 2.09. The zero-order valence-electron chi connectivity index (χ0n) is 19.0. The Morgan fingerprint density at radius 3 is 2.52 bits per heavy atom. The number of likely N-dealkylation sites (tertiary alicyclic amines) is 1. The maximum absolute atomic E-state index is 13.1. The molecular weight excluding hydrogens is 440 g/mol. The summed E-state index contributed by atoms with van der Waals surface area (Å²) in [4.78, 5) is 29.9. The van der Waals surface area contributed by atoms with Crippen LogP contribution >= 0.6 is 11.6 Å². The third-order valence-corrected chi connectivity index (χ3v) is 6.00. The average molecular weight is 469 g/mol. The summed E-state index contributed by atoms with van der Waals surface area (Å²) >= 11 is 5.98. The van der Waals surface area contributed by atoms with Gasteiger partial charge in [-0.1, -0.05) is 50.2 Å². The summed E-state index contributed by atoms with van der Waals surface area (Å²) in [6.45, 7) is 10.7. The number of amides is 1. The van der Waals surface area contributed by atoms with E-state index in [0.29, 0.717) is 41.6 Å². The van der Waals surface area contributed by atoms with Crippen LogP contribution in [-0.2, 0) is 9.59 Å². The van der Waals surface area contributed by atoms with Crippen LogP contribution in [0.5, 0.6) is 5.75 Å². The predicted molar refractivity (Wildman–Crippen MR) is 130 cm³/mol. The molecule has 0 unspecified atom stereocenters. The van der Waals surface area contributed by atoms with Crippen molar-refractivity contribution in [2.75, 3.05) is 32.8 Å². The van der Waals surface area contributed by atoms with Crippen LogP contribution in [0.25, 0.3) is 5.76 Å². The minimum Gasteiger partial charge on any atom is -0.507 e. The molecule has 1 N–H and O–H groups in total. The number of halogens is 1. The van der Waals surface area contributed by atoms with E-state index in [1.54, 1.807) is 48.5 Å². The van der Waals surface area contributed by atoms with E-state index in [1.165, 1.54) is 4.90 Å². The normalized spacial score (nSPS) is 17.6. The lowest BCUT2D eigenvalue weighted by atomic mass is 9.95. The van der Waals surface area contributed by atoms with Crippen molar-refractivity contribution in [3.05, 3.63) is 82.9 Å². The van der Waals surface area contributed by atoms with Crippen molar-refractivity contribution in [2.45, 2.75) is 19.9 Å².